The van der Waals surface area contributed by atoms with E-state index in [0.717, 1.165) is 0 Å². The van der Waals surface area contributed by atoms with E-state index >= 15 is 0 Å². The number of methoxy groups -OCH3 is 1. The second kappa shape index (κ2) is 5.97. The molecule has 0 saturated heterocycles. The summed E-state index contributed by atoms with van der Waals surface area (Å²) in [7, 11) is 1.53. The van der Waals surface area contributed by atoms with Gasteiger partial charge >= 0.3 is 0 Å². The van der Waals surface area contributed by atoms with Crippen molar-refractivity contribution >= 4 is 34.7 Å². The smallest absolute Gasteiger partial charge is 0.160 e. The molecule has 5 heteroatoms. The van der Waals surface area contributed by atoms with Gasteiger partial charge in [0.15, 0.2) is 5.75 Å². The van der Waals surface area contributed by atoms with Gasteiger partial charge < -0.3 is 10.1 Å². The number of nitrogens with one attached hydrogen (secondary N) is 1. The van der Waals surface area contributed by atoms with Crippen molar-refractivity contribution in [2.45, 2.75) is 13.3 Å². The molecule has 0 fully saturated rings. The van der Waals surface area contributed by atoms with Crippen molar-refractivity contribution in [1.82, 2.24) is 0 Å². The molecule has 16 heavy (non-hydrogen) atoms. The number of ether oxygens (including phenoxy) is 1. The molecule has 0 aromatic heterocycles. The first-order valence-electron chi connectivity index (χ1n) is 4.81. The van der Waals surface area contributed by atoms with Crippen molar-refractivity contribution in [3.05, 3.63) is 22.2 Å². The number of halogens is 2. The van der Waals surface area contributed by atoms with Crippen molar-refractivity contribution in [3.63, 3.8) is 0 Å². The zero-order valence-corrected chi connectivity index (χ0v) is 10.7. The van der Waals surface area contributed by atoms with Gasteiger partial charge in [-0.2, -0.15) is 0 Å². The third kappa shape index (κ3) is 3.58. The summed E-state index contributed by atoms with van der Waals surface area (Å²) in [6.45, 7) is 2.08. The number of hydrogen-bond acceptors (Lipinski definition) is 3. The molecule has 0 aliphatic rings. The van der Waals surface area contributed by atoms with E-state index in [2.05, 4.69) is 5.32 Å². The first-order chi connectivity index (χ1) is 7.54. The lowest BCUT2D eigenvalue weighted by Gasteiger charge is -2.12. The Balaban J connectivity index is 2.81. The molecule has 3 nitrogen and oxygen atoms in total. The van der Waals surface area contributed by atoms with Crippen LogP contribution in [0.3, 0.4) is 0 Å². The van der Waals surface area contributed by atoms with Gasteiger partial charge in [-0.05, 0) is 19.1 Å². The Morgan fingerprint density at radius 1 is 1.44 bits per heavy atom. The summed E-state index contributed by atoms with van der Waals surface area (Å²) in [6.07, 6.45) is 0.452. The molecule has 0 aliphatic heterocycles. The van der Waals surface area contributed by atoms with Crippen LogP contribution in [-0.4, -0.2) is 19.4 Å². The average Bonchev–Trinajstić information content (AvgIpc) is 2.16. The Hall–Kier alpha value is -0.930. The molecule has 0 radical (unpaired) electrons. The predicted octanol–water partition coefficient (Wildman–Crippen LogP) is 3.39. The van der Waals surface area contributed by atoms with Crippen LogP contribution in [0.25, 0.3) is 0 Å². The topological polar surface area (TPSA) is 38.3 Å². The second-order valence-corrected chi connectivity index (χ2v) is 4.19. The molecule has 0 amide bonds. The maximum Gasteiger partial charge on any atom is 0.160 e. The van der Waals surface area contributed by atoms with Crippen molar-refractivity contribution in [1.29, 1.82) is 0 Å². The third-order valence-electron chi connectivity index (χ3n) is 2.01. The third-order valence-corrected chi connectivity index (χ3v) is 2.50. The summed E-state index contributed by atoms with van der Waals surface area (Å²) in [5.41, 5.74) is 0.696. The molecule has 1 aromatic rings. The fourth-order valence-electron chi connectivity index (χ4n) is 1.27. The number of benzene rings is 1. The molecule has 0 saturated carbocycles. The Bertz CT molecular complexity index is 394. The van der Waals surface area contributed by atoms with Crippen molar-refractivity contribution in [3.8, 4) is 5.75 Å². The number of rotatable bonds is 5. The van der Waals surface area contributed by atoms with E-state index < -0.39 is 0 Å². The van der Waals surface area contributed by atoms with Gasteiger partial charge in [-0.3, -0.25) is 4.79 Å². The Morgan fingerprint density at radius 2 is 2.12 bits per heavy atom. The van der Waals surface area contributed by atoms with Gasteiger partial charge in [-0.15, -0.1) is 0 Å². The zero-order valence-electron chi connectivity index (χ0n) is 9.14. The van der Waals surface area contributed by atoms with Crippen LogP contribution in [0.15, 0.2) is 12.1 Å². The zero-order chi connectivity index (χ0) is 12.1. The van der Waals surface area contributed by atoms with Crippen LogP contribution in [-0.2, 0) is 4.79 Å². The van der Waals surface area contributed by atoms with E-state index in [1.165, 1.54) is 7.11 Å². The van der Waals surface area contributed by atoms with Crippen LogP contribution in [0.1, 0.15) is 13.3 Å². The second-order valence-electron chi connectivity index (χ2n) is 3.35. The first-order valence-corrected chi connectivity index (χ1v) is 5.56. The Labute approximate surface area is 105 Å². The largest absolute Gasteiger partial charge is 0.493 e. The van der Waals surface area contributed by atoms with Gasteiger partial charge in [0.25, 0.3) is 0 Å². The van der Waals surface area contributed by atoms with E-state index in [4.69, 9.17) is 27.9 Å². The quantitative estimate of drug-likeness (QED) is 0.883. The fourth-order valence-corrected chi connectivity index (χ4v) is 1.84. The molecule has 1 N–H and O–H groups in total. The van der Waals surface area contributed by atoms with Gasteiger partial charge in [0, 0.05) is 18.0 Å². The standard InChI is InChI=1S/C11H13Cl2NO2/c1-7(15)3-4-14-10-6-8(12)5-9(13)11(10)16-2/h5-6,14H,3-4H2,1-2H3. The number of ketones is 1. The van der Waals surface area contributed by atoms with Crippen molar-refractivity contribution < 1.29 is 9.53 Å². The SMILES string of the molecule is COc1c(Cl)cc(Cl)cc1NCCC(C)=O. The lowest BCUT2D eigenvalue weighted by molar-refractivity contribution is -0.116. The highest BCUT2D eigenvalue weighted by atomic mass is 35.5. The summed E-state index contributed by atoms with van der Waals surface area (Å²) < 4.78 is 5.15. The minimum Gasteiger partial charge on any atom is -0.493 e. The Kier molecular flexibility index (Phi) is 4.90. The summed E-state index contributed by atoms with van der Waals surface area (Å²) in [6, 6.07) is 3.32. The molecule has 1 aromatic carbocycles. The highest BCUT2D eigenvalue weighted by Crippen LogP contribution is 2.35. The number of anilines is 1. The number of carbonyl (C=O) groups is 1. The molecule has 0 spiro atoms. The molecule has 1 rings (SSSR count). The van der Waals surface area contributed by atoms with Gasteiger partial charge in [-0.25, -0.2) is 0 Å². The number of hydrogen-bond donors (Lipinski definition) is 1. The molecule has 88 valence electrons. The molecule has 0 bridgehead atoms. The maximum atomic E-state index is 10.8. The van der Waals surface area contributed by atoms with Crippen LogP contribution >= 0.6 is 23.2 Å². The monoisotopic (exact) mass is 261 g/mol. The highest BCUT2D eigenvalue weighted by Gasteiger charge is 2.09. The highest BCUT2D eigenvalue weighted by molar-refractivity contribution is 6.36. The fraction of sp³-hybridized carbons (Fsp3) is 0.364. The molecule has 0 unspecified atom stereocenters. The molecular weight excluding hydrogens is 249 g/mol. The molecular formula is C11H13Cl2NO2. The van der Waals surface area contributed by atoms with Crippen molar-refractivity contribution in [2.75, 3.05) is 19.0 Å². The summed E-state index contributed by atoms with van der Waals surface area (Å²) >= 11 is 11.8. The van der Waals surface area contributed by atoms with Crippen LogP contribution in [0.2, 0.25) is 10.0 Å². The summed E-state index contributed by atoms with van der Waals surface area (Å²) in [4.78, 5) is 10.8. The van der Waals surface area contributed by atoms with Gasteiger partial charge in [0.1, 0.15) is 5.78 Å². The molecule has 0 atom stereocenters. The molecule has 0 aliphatic carbocycles. The van der Waals surface area contributed by atoms with E-state index in [9.17, 15) is 4.79 Å². The first kappa shape index (κ1) is 13.1. The summed E-state index contributed by atoms with van der Waals surface area (Å²) in [5, 5.41) is 4.03. The predicted molar refractivity (Wildman–Crippen MR) is 66.8 cm³/mol. The number of Topliss-reactive ketones (excluding diaryl/α,β-unsaturated/α-hetero) is 1. The molecule has 0 heterocycles. The average molecular weight is 262 g/mol. The van der Waals surface area contributed by atoms with Gasteiger partial charge in [0.05, 0.1) is 17.8 Å². The van der Waals surface area contributed by atoms with Crippen molar-refractivity contribution in [2.24, 2.45) is 0 Å². The maximum absolute atomic E-state index is 10.8. The van der Waals surface area contributed by atoms with E-state index in [1.54, 1.807) is 19.1 Å². The van der Waals surface area contributed by atoms with Crippen LogP contribution in [0.4, 0.5) is 5.69 Å². The lowest BCUT2D eigenvalue weighted by Crippen LogP contribution is -2.07. The number of carbonyl (C=O) groups excluding carboxylic acids is 1. The minimum atomic E-state index is 0.125. The Morgan fingerprint density at radius 3 is 2.69 bits per heavy atom. The van der Waals surface area contributed by atoms with Crippen LogP contribution < -0.4 is 10.1 Å². The minimum absolute atomic E-state index is 0.125. The van der Waals surface area contributed by atoms with E-state index in [-0.39, 0.29) is 5.78 Å². The van der Waals surface area contributed by atoms with Crippen LogP contribution in [0, 0.1) is 0 Å². The lowest BCUT2D eigenvalue weighted by atomic mass is 10.2. The van der Waals surface area contributed by atoms with E-state index in [1.807, 2.05) is 0 Å². The summed E-state index contributed by atoms with van der Waals surface area (Å²) in [5.74, 6) is 0.661. The van der Waals surface area contributed by atoms with Crippen LogP contribution in [0.5, 0.6) is 5.75 Å². The van der Waals surface area contributed by atoms with Gasteiger partial charge in [0.2, 0.25) is 0 Å². The normalized spacial score (nSPS) is 10.0. The van der Waals surface area contributed by atoms with E-state index in [0.29, 0.717) is 34.4 Å². The van der Waals surface area contributed by atoms with Gasteiger partial charge in [-0.1, -0.05) is 23.2 Å².